The fourth-order valence-electron chi connectivity index (χ4n) is 0.815. The Labute approximate surface area is 91.7 Å². The molecule has 0 bridgehead atoms. The van der Waals surface area contributed by atoms with E-state index in [9.17, 15) is 0 Å². The number of halogens is 3. The molecule has 0 aliphatic carbocycles. The van der Waals surface area contributed by atoms with Crippen LogP contribution < -0.4 is 3.72 Å². The molecule has 0 fully saturated rings. The maximum atomic E-state index is 8.72. The van der Waals surface area contributed by atoms with Gasteiger partial charge >= 0.3 is 92.3 Å². The van der Waals surface area contributed by atoms with Crippen molar-refractivity contribution >= 4 is 33.3 Å². The van der Waals surface area contributed by atoms with Crippen molar-refractivity contribution in [2.45, 2.75) is 0 Å². The van der Waals surface area contributed by atoms with Gasteiger partial charge in [0.25, 0.3) is 0 Å². The molecular weight excluding hydrogens is 311 g/mol. The molecular formula is C7H5Cl3N2Nb. The summed E-state index contributed by atoms with van der Waals surface area (Å²) in [4.78, 5) is 0. The average Bonchev–Trinajstić information content (AvgIpc) is 2.02. The van der Waals surface area contributed by atoms with Crippen molar-refractivity contribution in [3.8, 4) is 6.07 Å². The summed E-state index contributed by atoms with van der Waals surface area (Å²) < 4.78 is 2.77. The van der Waals surface area contributed by atoms with Crippen molar-refractivity contribution in [2.75, 3.05) is 3.72 Å². The predicted octanol–water partition coefficient (Wildman–Crippen LogP) is 3.50. The Balaban J connectivity index is 2.96. The second kappa shape index (κ2) is 4.56. The normalized spacial score (nSPS) is 10.6. The number of hydrogen-bond acceptors (Lipinski definition) is 2. The first kappa shape index (κ1) is 11.2. The Morgan fingerprint density at radius 1 is 1.23 bits per heavy atom. The number of rotatable bonds is 2. The minimum atomic E-state index is -3.52. The topological polar surface area (TPSA) is 35.8 Å². The van der Waals surface area contributed by atoms with Crippen molar-refractivity contribution in [1.29, 1.82) is 5.26 Å². The average molecular weight is 316 g/mol. The van der Waals surface area contributed by atoms with Crippen LogP contribution in [0.15, 0.2) is 24.3 Å². The Morgan fingerprint density at radius 2 is 1.85 bits per heavy atom. The number of para-hydroxylation sites is 1. The Hall–Kier alpha value is 0.120. The van der Waals surface area contributed by atoms with Crippen LogP contribution in [-0.4, -0.2) is 0 Å². The van der Waals surface area contributed by atoms with Crippen LogP contribution in [-0.2, 0) is 14.1 Å². The zero-order chi connectivity index (χ0) is 9.90. The minimum absolute atomic E-state index is 0.489. The van der Waals surface area contributed by atoms with Crippen molar-refractivity contribution in [3.05, 3.63) is 29.8 Å². The van der Waals surface area contributed by atoms with Crippen LogP contribution in [0.25, 0.3) is 0 Å². The van der Waals surface area contributed by atoms with Crippen LogP contribution in [0.5, 0.6) is 0 Å². The molecule has 6 heteroatoms. The molecule has 0 aliphatic rings. The molecule has 2 nitrogen and oxygen atoms in total. The van der Waals surface area contributed by atoms with Gasteiger partial charge in [0.15, 0.2) is 0 Å². The number of anilines is 1. The van der Waals surface area contributed by atoms with E-state index in [1.807, 2.05) is 6.07 Å². The summed E-state index contributed by atoms with van der Waals surface area (Å²) >= 11 is -3.52. The fourth-order valence-corrected chi connectivity index (χ4v) is 3.58. The molecule has 0 saturated carbocycles. The van der Waals surface area contributed by atoms with Gasteiger partial charge in [-0.1, -0.05) is 0 Å². The van der Waals surface area contributed by atoms with Crippen molar-refractivity contribution in [3.63, 3.8) is 0 Å². The molecule has 69 valence electrons. The molecule has 1 rings (SSSR count). The molecule has 13 heavy (non-hydrogen) atoms. The number of nitrogens with one attached hydrogen (secondary N) is 1. The van der Waals surface area contributed by atoms with E-state index in [4.69, 9.17) is 32.8 Å². The van der Waals surface area contributed by atoms with Crippen molar-refractivity contribution in [2.24, 2.45) is 0 Å². The van der Waals surface area contributed by atoms with E-state index in [-0.39, 0.29) is 0 Å². The summed E-state index contributed by atoms with van der Waals surface area (Å²) in [6.07, 6.45) is 0. The fraction of sp³-hybridized carbons (Fsp3) is 0. The van der Waals surface area contributed by atoms with Crippen LogP contribution in [0, 0.1) is 11.3 Å². The monoisotopic (exact) mass is 315 g/mol. The van der Waals surface area contributed by atoms with Gasteiger partial charge in [0.1, 0.15) is 0 Å². The summed E-state index contributed by atoms with van der Waals surface area (Å²) in [6.45, 7) is 0. The summed E-state index contributed by atoms with van der Waals surface area (Å²) in [6, 6.07) is 8.94. The molecule has 0 spiro atoms. The van der Waals surface area contributed by atoms with E-state index in [1.54, 1.807) is 24.3 Å². The number of nitrogens with zero attached hydrogens (tertiary/aromatic N) is 1. The van der Waals surface area contributed by atoms with E-state index < -0.39 is 14.1 Å². The van der Waals surface area contributed by atoms with Gasteiger partial charge in [-0.15, -0.1) is 0 Å². The van der Waals surface area contributed by atoms with E-state index in [0.29, 0.717) is 11.3 Å². The van der Waals surface area contributed by atoms with E-state index in [1.165, 1.54) is 0 Å². The summed E-state index contributed by atoms with van der Waals surface area (Å²) in [5, 5.41) is 8.72. The molecule has 1 aromatic carbocycles. The second-order valence-corrected chi connectivity index (χ2v) is 17.0. The molecule has 0 radical (unpaired) electrons. The van der Waals surface area contributed by atoms with Crippen LogP contribution in [0.4, 0.5) is 5.69 Å². The van der Waals surface area contributed by atoms with Crippen LogP contribution >= 0.6 is 27.6 Å². The first-order valence-corrected chi connectivity index (χ1v) is 12.9. The molecule has 0 aliphatic heterocycles. The molecule has 1 aromatic rings. The third-order valence-corrected chi connectivity index (χ3v) is 4.01. The van der Waals surface area contributed by atoms with Gasteiger partial charge in [-0.25, -0.2) is 0 Å². The Morgan fingerprint density at radius 3 is 2.38 bits per heavy atom. The third kappa shape index (κ3) is 3.78. The van der Waals surface area contributed by atoms with Crippen molar-refractivity contribution < 1.29 is 14.1 Å². The molecule has 0 heterocycles. The molecule has 0 aromatic heterocycles. The van der Waals surface area contributed by atoms with E-state index >= 15 is 0 Å². The summed E-state index contributed by atoms with van der Waals surface area (Å²) in [5.41, 5.74) is 1.08. The quantitative estimate of drug-likeness (QED) is 0.848. The molecule has 0 atom stereocenters. The van der Waals surface area contributed by atoms with Gasteiger partial charge in [0.05, 0.1) is 0 Å². The number of nitriles is 1. The van der Waals surface area contributed by atoms with Crippen LogP contribution in [0.2, 0.25) is 0 Å². The first-order valence-electron chi connectivity index (χ1n) is 3.28. The van der Waals surface area contributed by atoms with Crippen molar-refractivity contribution in [1.82, 2.24) is 0 Å². The second-order valence-electron chi connectivity index (χ2n) is 2.21. The zero-order valence-corrected chi connectivity index (χ0v) is 10.8. The molecule has 1 N–H and O–H groups in total. The van der Waals surface area contributed by atoms with Gasteiger partial charge in [-0.3, -0.25) is 0 Å². The molecule has 0 unspecified atom stereocenters. The first-order chi connectivity index (χ1) is 6.03. The number of benzene rings is 1. The Kier molecular flexibility index (Phi) is 3.93. The molecule has 0 amide bonds. The van der Waals surface area contributed by atoms with E-state index in [2.05, 4.69) is 3.72 Å². The van der Waals surface area contributed by atoms with Gasteiger partial charge in [-0.05, 0) is 0 Å². The zero-order valence-electron chi connectivity index (χ0n) is 6.34. The van der Waals surface area contributed by atoms with Crippen LogP contribution in [0.1, 0.15) is 5.56 Å². The SMILES string of the molecule is N#Cc1ccccc1[NH][Nb]([Cl])([Cl])[Cl]. The standard InChI is InChI=1S/C7H5N2.3ClH.Nb/c8-5-6-3-1-2-4-7(6)9;;;;/h1-4,9H;3*1H;/q-1;;;;+4/p-3. The van der Waals surface area contributed by atoms with Gasteiger partial charge < -0.3 is 0 Å². The predicted molar refractivity (Wildman–Crippen MR) is 52.3 cm³/mol. The molecule has 0 saturated heterocycles. The van der Waals surface area contributed by atoms with Crippen LogP contribution in [0.3, 0.4) is 0 Å². The summed E-state index contributed by atoms with van der Waals surface area (Å²) in [7, 11) is 17.1. The summed E-state index contributed by atoms with van der Waals surface area (Å²) in [5.74, 6) is 0. The Bertz CT molecular complexity index is 342. The van der Waals surface area contributed by atoms with Gasteiger partial charge in [-0.2, -0.15) is 0 Å². The van der Waals surface area contributed by atoms with Gasteiger partial charge in [0, 0.05) is 0 Å². The maximum absolute atomic E-state index is 8.72. The van der Waals surface area contributed by atoms with E-state index in [0.717, 1.165) is 0 Å². The third-order valence-electron chi connectivity index (χ3n) is 1.29. The number of hydrogen-bond donors (Lipinski definition) is 1. The van der Waals surface area contributed by atoms with Gasteiger partial charge in [0.2, 0.25) is 0 Å².